The first kappa shape index (κ1) is 19.9. The van der Waals surface area contributed by atoms with Crippen LogP contribution in [0.5, 0.6) is 0 Å². The number of hydrogen-bond donors (Lipinski definition) is 2. The van der Waals surface area contributed by atoms with Crippen LogP contribution in [0.2, 0.25) is 0 Å². The monoisotopic (exact) mass is 373 g/mol. The van der Waals surface area contributed by atoms with Crippen LogP contribution in [0.1, 0.15) is 18.4 Å². The van der Waals surface area contributed by atoms with E-state index in [2.05, 4.69) is 10.3 Å². The summed E-state index contributed by atoms with van der Waals surface area (Å²) in [4.78, 5) is 30.1. The number of benzene rings is 1. The Morgan fingerprint density at radius 2 is 2.22 bits per heavy atom. The average Bonchev–Trinajstić information content (AvgIpc) is 3.08. The first-order valence-corrected chi connectivity index (χ1v) is 8.25. The van der Waals surface area contributed by atoms with Crippen LogP contribution in [0, 0.1) is 11.3 Å². The highest BCUT2D eigenvalue weighted by Crippen LogP contribution is 2.24. The van der Waals surface area contributed by atoms with Gasteiger partial charge in [-0.1, -0.05) is 0 Å². The van der Waals surface area contributed by atoms with Gasteiger partial charge in [-0.25, -0.2) is 14.2 Å². The van der Waals surface area contributed by atoms with Crippen LogP contribution in [-0.2, 0) is 4.79 Å². The van der Waals surface area contributed by atoms with Crippen LogP contribution in [0.15, 0.2) is 35.1 Å². The number of hydrogen-bond acceptors (Lipinski definition) is 4. The maximum atomic E-state index is 14.2. The van der Waals surface area contributed by atoms with Crippen LogP contribution >= 0.6 is 0 Å². The number of likely N-dealkylation sites (tertiary alicyclic amines) is 1. The van der Waals surface area contributed by atoms with E-state index in [1.807, 2.05) is 6.07 Å². The summed E-state index contributed by atoms with van der Waals surface area (Å²) < 4.78 is 14.2. The number of anilines is 1. The molecular weight excluding hydrogens is 353 g/mol. The number of carbonyl (C=O) groups excluding carboxylic acids is 1. The predicted molar refractivity (Wildman–Crippen MR) is 98.6 cm³/mol. The molecule has 8 nitrogen and oxygen atoms in total. The van der Waals surface area contributed by atoms with Crippen molar-refractivity contribution in [3.63, 3.8) is 0 Å². The second kappa shape index (κ2) is 8.80. The predicted octanol–water partition coefficient (Wildman–Crippen LogP) is 2.71. The molecule has 0 aliphatic carbocycles. The number of nitrogens with one attached hydrogen (secondary N) is 1. The van der Waals surface area contributed by atoms with E-state index in [4.69, 9.17) is 5.11 Å². The Bertz CT molecular complexity index is 829. The van der Waals surface area contributed by atoms with Crippen molar-refractivity contribution in [2.75, 3.05) is 26.0 Å². The van der Waals surface area contributed by atoms with E-state index < -0.39 is 23.9 Å². The second-order valence-corrected chi connectivity index (χ2v) is 6.21. The van der Waals surface area contributed by atoms with Gasteiger partial charge in [0.15, 0.2) is 5.83 Å². The number of carboxylic acid groups (broad SMARTS) is 1. The van der Waals surface area contributed by atoms with E-state index in [1.165, 1.54) is 18.5 Å². The molecule has 1 aromatic rings. The number of carbonyl (C=O) groups is 2. The zero-order valence-corrected chi connectivity index (χ0v) is 15.0. The molecule has 0 saturated carbocycles. The molecule has 2 amide bonds. The summed E-state index contributed by atoms with van der Waals surface area (Å²) in [5.41, 5.74) is 0.886. The first-order chi connectivity index (χ1) is 12.8. The number of aliphatic imine (C=N–C) groups is 1. The van der Waals surface area contributed by atoms with Crippen LogP contribution in [0.3, 0.4) is 0 Å². The summed E-state index contributed by atoms with van der Waals surface area (Å²) in [6.45, 7) is 0.311. The minimum atomic E-state index is -1.14. The van der Waals surface area contributed by atoms with E-state index in [0.717, 1.165) is 11.0 Å². The molecule has 2 N–H and O–H groups in total. The van der Waals surface area contributed by atoms with Gasteiger partial charge in [0.25, 0.3) is 5.91 Å². The molecule has 1 saturated heterocycles. The maximum Gasteiger partial charge on any atom is 0.407 e. The number of nitrogens with zero attached hydrogens (tertiary/aromatic N) is 4. The van der Waals surface area contributed by atoms with Gasteiger partial charge in [-0.05, 0) is 37.1 Å². The van der Waals surface area contributed by atoms with Crippen LogP contribution < -0.4 is 5.32 Å². The van der Waals surface area contributed by atoms with Crippen LogP contribution in [0.4, 0.5) is 20.6 Å². The van der Waals surface area contributed by atoms with Crippen LogP contribution in [-0.4, -0.2) is 59.9 Å². The van der Waals surface area contributed by atoms with Crippen LogP contribution in [0.25, 0.3) is 0 Å². The lowest BCUT2D eigenvalue weighted by molar-refractivity contribution is -0.114. The Morgan fingerprint density at radius 1 is 1.48 bits per heavy atom. The first-order valence-electron chi connectivity index (χ1n) is 8.25. The summed E-state index contributed by atoms with van der Waals surface area (Å²) in [6, 6.07) is 5.76. The fraction of sp³-hybridized carbons (Fsp3) is 0.333. The molecule has 0 bridgehead atoms. The van der Waals surface area contributed by atoms with Gasteiger partial charge < -0.3 is 20.2 Å². The molecule has 9 heteroatoms. The fourth-order valence-electron chi connectivity index (χ4n) is 2.63. The minimum absolute atomic E-state index is 0.225. The molecule has 27 heavy (non-hydrogen) atoms. The van der Waals surface area contributed by atoms with Gasteiger partial charge in [-0.2, -0.15) is 5.26 Å². The molecule has 2 rings (SSSR count). The molecule has 1 heterocycles. The van der Waals surface area contributed by atoms with E-state index in [-0.39, 0.29) is 11.3 Å². The molecule has 0 unspecified atom stereocenters. The molecule has 142 valence electrons. The molecule has 1 fully saturated rings. The quantitative estimate of drug-likeness (QED) is 0.469. The molecular formula is C18H20FN5O3. The molecule has 1 aliphatic rings. The van der Waals surface area contributed by atoms with E-state index in [0.29, 0.717) is 25.1 Å². The summed E-state index contributed by atoms with van der Waals surface area (Å²) in [6.07, 6.45) is 2.48. The fourth-order valence-corrected chi connectivity index (χ4v) is 2.63. The Kier molecular flexibility index (Phi) is 6.49. The maximum absolute atomic E-state index is 14.2. The standard InChI is InChI=1S/C18H20FN5O3/c1-23(2)11-21-16-6-5-13(8-12(16)10-20)22-17(25)15(19)9-14-4-3-7-24(14)18(26)27/h5-6,8-9,11,14H,3-4,7H2,1-2H3,(H,22,25)(H,26,27)/b15-9-,21-11?/t14-/m1/s1. The number of rotatable bonds is 5. The number of amides is 2. The molecule has 1 aromatic carbocycles. The van der Waals surface area contributed by atoms with Crippen molar-refractivity contribution >= 4 is 29.7 Å². The van der Waals surface area contributed by atoms with Crippen molar-refractivity contribution in [2.24, 2.45) is 4.99 Å². The largest absolute Gasteiger partial charge is 0.465 e. The van der Waals surface area contributed by atoms with E-state index in [1.54, 1.807) is 25.1 Å². The lowest BCUT2D eigenvalue weighted by atomic mass is 10.1. The number of nitriles is 1. The Morgan fingerprint density at radius 3 is 2.85 bits per heavy atom. The summed E-state index contributed by atoms with van der Waals surface area (Å²) in [7, 11) is 3.57. The zero-order chi connectivity index (χ0) is 20.0. The molecule has 1 atom stereocenters. The van der Waals surface area contributed by atoms with Gasteiger partial charge in [-0.15, -0.1) is 0 Å². The highest BCUT2D eigenvalue weighted by Gasteiger charge is 2.28. The van der Waals surface area contributed by atoms with Crippen molar-refractivity contribution < 1.29 is 19.1 Å². The Labute approximate surface area is 156 Å². The summed E-state index contributed by atoms with van der Waals surface area (Å²) >= 11 is 0. The topological polar surface area (TPSA) is 109 Å². The summed E-state index contributed by atoms with van der Waals surface area (Å²) in [5.74, 6) is -2.07. The third kappa shape index (κ3) is 5.28. The minimum Gasteiger partial charge on any atom is -0.465 e. The highest BCUT2D eigenvalue weighted by atomic mass is 19.1. The molecule has 1 aliphatic heterocycles. The third-order valence-corrected chi connectivity index (χ3v) is 3.90. The van der Waals surface area contributed by atoms with Gasteiger partial charge in [-0.3, -0.25) is 4.79 Å². The molecule has 0 radical (unpaired) electrons. The number of halogens is 1. The summed E-state index contributed by atoms with van der Waals surface area (Å²) in [5, 5.41) is 20.7. The normalized spacial score (nSPS) is 17.0. The lowest BCUT2D eigenvalue weighted by Gasteiger charge is -2.18. The van der Waals surface area contributed by atoms with Gasteiger partial charge in [0.1, 0.15) is 6.07 Å². The van der Waals surface area contributed by atoms with Crippen molar-refractivity contribution in [3.05, 3.63) is 35.7 Å². The van der Waals surface area contributed by atoms with Gasteiger partial charge >= 0.3 is 6.09 Å². The zero-order valence-electron chi connectivity index (χ0n) is 15.0. The molecule has 0 spiro atoms. The van der Waals surface area contributed by atoms with Crippen molar-refractivity contribution in [1.82, 2.24) is 9.80 Å². The lowest BCUT2D eigenvalue weighted by Crippen LogP contribution is -2.33. The van der Waals surface area contributed by atoms with Gasteiger partial charge in [0.2, 0.25) is 0 Å². The van der Waals surface area contributed by atoms with Gasteiger partial charge in [0.05, 0.1) is 23.6 Å². The van der Waals surface area contributed by atoms with E-state index >= 15 is 0 Å². The van der Waals surface area contributed by atoms with Crippen molar-refractivity contribution in [2.45, 2.75) is 18.9 Å². The SMILES string of the molecule is CN(C)C=Nc1ccc(NC(=O)/C(F)=C/[C@H]2CCCN2C(=O)O)cc1C#N. The second-order valence-electron chi connectivity index (χ2n) is 6.21. The Hall–Kier alpha value is -3.41. The van der Waals surface area contributed by atoms with Gasteiger partial charge in [0, 0.05) is 26.3 Å². The van der Waals surface area contributed by atoms with E-state index in [9.17, 15) is 19.2 Å². The average molecular weight is 373 g/mol. The molecule has 0 aromatic heterocycles. The third-order valence-electron chi connectivity index (χ3n) is 3.90. The van der Waals surface area contributed by atoms with Crippen molar-refractivity contribution in [1.29, 1.82) is 5.26 Å². The van der Waals surface area contributed by atoms with Crippen molar-refractivity contribution in [3.8, 4) is 6.07 Å². The Balaban J connectivity index is 2.12. The highest BCUT2D eigenvalue weighted by molar-refractivity contribution is 6.02. The smallest absolute Gasteiger partial charge is 0.407 e.